The van der Waals surface area contributed by atoms with Crippen molar-refractivity contribution in [1.29, 1.82) is 0 Å². The number of aromatic amines is 1. The van der Waals surface area contributed by atoms with E-state index in [0.717, 1.165) is 11.6 Å². The molecule has 0 radical (unpaired) electrons. The number of rotatable bonds is 10. The minimum absolute atomic E-state index is 0.0661. The Morgan fingerprint density at radius 2 is 1.92 bits per heavy atom. The molecule has 2 aromatic rings. The van der Waals surface area contributed by atoms with Gasteiger partial charge in [-0.05, 0) is 0 Å². The van der Waals surface area contributed by atoms with Crippen LogP contribution in [0, 0.1) is 5.92 Å². The number of phosphoric ester groups is 1. The van der Waals surface area contributed by atoms with Crippen LogP contribution in [-0.4, -0.2) is 63.2 Å². The van der Waals surface area contributed by atoms with Crippen LogP contribution in [-0.2, 0) is 41.1 Å². The summed E-state index contributed by atoms with van der Waals surface area (Å²) in [6.45, 7) is 3.83. The number of carbonyl (C=O) groups excluding carboxylic acids is 1. The number of anilines is 1. The number of nitrogens with one attached hydrogen (secondary N) is 1. The number of carbonyl (C=O) groups is 1. The molecule has 0 spiro atoms. The fraction of sp³-hybridized carbons (Fsp3) is 0.462. The van der Waals surface area contributed by atoms with Gasteiger partial charge in [-0.25, -0.2) is 13.7 Å². The summed E-state index contributed by atoms with van der Waals surface area (Å²) in [6.07, 6.45) is -2.38. The maximum atomic E-state index is 12.1. The van der Waals surface area contributed by atoms with Crippen LogP contribution >= 0.6 is 23.5 Å². The normalized spacial score (nSPS) is 23.8. The quantitative estimate of drug-likeness (QED) is 0.117. The predicted molar refractivity (Wildman–Crippen MR) is 113 cm³/mol. The molecule has 36 heavy (non-hydrogen) atoms. The molecule has 3 heterocycles. The van der Waals surface area contributed by atoms with Crippen LogP contribution in [0.4, 0.5) is 5.95 Å². The molecule has 0 bridgehead atoms. The molecule has 23 heteroatoms. The SMILES string of the molecule is C=C(OC(C)=O)C1CC(n2nnc3c(=O)[nH]c(N)nc32)OC1COP(=O)(O)OP(=O)(O)OP(=O)(O)O. The van der Waals surface area contributed by atoms with Gasteiger partial charge in [0.1, 0.15) is 5.76 Å². The van der Waals surface area contributed by atoms with Crippen LogP contribution in [0.15, 0.2) is 17.1 Å². The second-order valence-corrected chi connectivity index (χ2v) is 11.5. The van der Waals surface area contributed by atoms with Gasteiger partial charge in [0, 0.05) is 19.3 Å². The van der Waals surface area contributed by atoms with Crippen LogP contribution in [0.2, 0.25) is 0 Å². The lowest BCUT2D eigenvalue weighted by Crippen LogP contribution is -2.25. The van der Waals surface area contributed by atoms with Gasteiger partial charge < -0.3 is 34.8 Å². The zero-order chi connectivity index (χ0) is 27.1. The van der Waals surface area contributed by atoms with E-state index in [1.807, 2.05) is 0 Å². The minimum atomic E-state index is -5.74. The number of phosphoric acid groups is 3. The minimum Gasteiger partial charge on any atom is -0.431 e. The smallest absolute Gasteiger partial charge is 0.431 e. The molecule has 0 amide bonds. The fourth-order valence-corrected chi connectivity index (χ4v) is 6.19. The van der Waals surface area contributed by atoms with Crippen LogP contribution in [0.25, 0.3) is 11.2 Å². The van der Waals surface area contributed by atoms with Crippen molar-refractivity contribution < 1.29 is 60.7 Å². The van der Waals surface area contributed by atoms with Gasteiger partial charge in [-0.15, -0.1) is 5.10 Å². The van der Waals surface area contributed by atoms with E-state index in [1.54, 1.807) is 0 Å². The van der Waals surface area contributed by atoms with Gasteiger partial charge in [0.15, 0.2) is 17.4 Å². The summed E-state index contributed by atoms with van der Waals surface area (Å²) < 4.78 is 58.0. The molecule has 1 fully saturated rings. The Morgan fingerprint density at radius 3 is 2.53 bits per heavy atom. The zero-order valence-electron chi connectivity index (χ0n) is 17.9. The van der Waals surface area contributed by atoms with Crippen LogP contribution in [0.5, 0.6) is 0 Å². The topological polar surface area (TPSA) is 298 Å². The third kappa shape index (κ3) is 7.12. The summed E-state index contributed by atoms with van der Waals surface area (Å²) in [6, 6.07) is 0. The summed E-state index contributed by atoms with van der Waals surface area (Å²) in [4.78, 5) is 65.7. The Labute approximate surface area is 199 Å². The molecule has 2 aromatic heterocycles. The van der Waals surface area contributed by atoms with E-state index in [4.69, 9.17) is 25.0 Å². The predicted octanol–water partition coefficient (Wildman–Crippen LogP) is -0.579. The van der Waals surface area contributed by atoms with E-state index < -0.39 is 59.9 Å². The van der Waals surface area contributed by atoms with Gasteiger partial charge in [-0.2, -0.15) is 18.3 Å². The van der Waals surface area contributed by atoms with Crippen molar-refractivity contribution in [1.82, 2.24) is 25.0 Å². The molecule has 200 valence electrons. The van der Waals surface area contributed by atoms with Crippen molar-refractivity contribution in [2.45, 2.75) is 25.7 Å². The highest BCUT2D eigenvalue weighted by Gasteiger charge is 2.44. The lowest BCUT2D eigenvalue weighted by Gasteiger charge is -2.21. The number of hydrogen-bond acceptors (Lipinski definition) is 14. The number of hydrogen-bond donors (Lipinski definition) is 6. The van der Waals surface area contributed by atoms with Crippen LogP contribution < -0.4 is 11.3 Å². The van der Waals surface area contributed by atoms with E-state index in [1.165, 1.54) is 0 Å². The second kappa shape index (κ2) is 10.2. The summed E-state index contributed by atoms with van der Waals surface area (Å²) in [7, 11) is -16.8. The second-order valence-electron chi connectivity index (χ2n) is 7.08. The lowest BCUT2D eigenvalue weighted by atomic mass is 9.99. The highest BCUT2D eigenvalue weighted by Crippen LogP contribution is 2.66. The van der Waals surface area contributed by atoms with E-state index in [2.05, 4.69) is 40.0 Å². The Balaban J connectivity index is 1.82. The molecule has 0 aliphatic carbocycles. The van der Waals surface area contributed by atoms with Gasteiger partial charge in [0.05, 0.1) is 12.7 Å². The molecule has 3 rings (SSSR count). The van der Waals surface area contributed by atoms with Crippen molar-refractivity contribution in [3.05, 3.63) is 22.7 Å². The standard InChI is InChI=1S/C13H19N6O14P3/c1-5(30-6(2)20)7-3-9(19-11-10(17-18-19)12(21)16-13(14)15-11)31-8(7)4-29-35(25,26)33-36(27,28)32-34(22,23)24/h7-9H,1,3-4H2,2H3,(H,25,26)(H,27,28)(H2,22,23,24)(H3,14,15,16,21). The van der Waals surface area contributed by atoms with E-state index >= 15 is 0 Å². The molecule has 1 aliphatic heterocycles. The molecule has 5 atom stereocenters. The average Bonchev–Trinajstić information content (AvgIpc) is 3.27. The third-order valence-electron chi connectivity index (χ3n) is 4.37. The fourth-order valence-electron chi connectivity index (χ4n) is 3.16. The van der Waals surface area contributed by atoms with E-state index in [0.29, 0.717) is 0 Å². The number of fused-ring (bicyclic) bond motifs is 1. The lowest BCUT2D eigenvalue weighted by molar-refractivity contribution is -0.138. The molecular formula is C13H19N6O14P3. The number of aromatic nitrogens is 5. The number of nitrogen functional groups attached to an aromatic ring is 1. The Morgan fingerprint density at radius 1 is 1.25 bits per heavy atom. The number of H-pyrrole nitrogens is 1. The van der Waals surface area contributed by atoms with E-state index in [-0.39, 0.29) is 29.3 Å². The summed E-state index contributed by atoms with van der Waals surface area (Å²) in [5, 5.41) is 7.49. The Bertz CT molecular complexity index is 1380. The highest BCUT2D eigenvalue weighted by atomic mass is 31.3. The van der Waals surface area contributed by atoms with Gasteiger partial charge in [0.2, 0.25) is 5.95 Å². The maximum Gasteiger partial charge on any atom is 0.490 e. The number of ether oxygens (including phenoxy) is 2. The molecular weight excluding hydrogens is 557 g/mol. The monoisotopic (exact) mass is 576 g/mol. The number of nitrogens with zero attached hydrogens (tertiary/aromatic N) is 4. The first-order valence-electron chi connectivity index (χ1n) is 9.38. The van der Waals surface area contributed by atoms with Gasteiger partial charge in [-0.3, -0.25) is 19.1 Å². The summed E-state index contributed by atoms with van der Waals surface area (Å²) in [5.74, 6) is -2.08. The molecule has 7 N–H and O–H groups in total. The Kier molecular flexibility index (Phi) is 8.00. The largest absolute Gasteiger partial charge is 0.490 e. The molecule has 0 saturated carbocycles. The molecule has 1 aliphatic rings. The van der Waals surface area contributed by atoms with Gasteiger partial charge in [0.25, 0.3) is 5.56 Å². The number of nitrogens with two attached hydrogens (primary N) is 1. The van der Waals surface area contributed by atoms with Crippen molar-refractivity contribution in [3.63, 3.8) is 0 Å². The van der Waals surface area contributed by atoms with Crippen LogP contribution in [0.1, 0.15) is 19.6 Å². The summed E-state index contributed by atoms with van der Waals surface area (Å²) >= 11 is 0. The molecule has 0 aromatic carbocycles. The Hall–Kier alpha value is -2.34. The first kappa shape index (κ1) is 28.2. The average molecular weight is 576 g/mol. The van der Waals surface area contributed by atoms with Crippen molar-refractivity contribution >= 4 is 46.5 Å². The molecule has 5 unspecified atom stereocenters. The van der Waals surface area contributed by atoms with E-state index in [9.17, 15) is 33.1 Å². The third-order valence-corrected chi connectivity index (χ3v) is 8.17. The maximum absolute atomic E-state index is 12.1. The van der Waals surface area contributed by atoms with Crippen molar-refractivity contribution in [2.75, 3.05) is 12.3 Å². The first-order valence-corrected chi connectivity index (χ1v) is 13.9. The van der Waals surface area contributed by atoms with Crippen LogP contribution in [0.3, 0.4) is 0 Å². The zero-order valence-corrected chi connectivity index (χ0v) is 20.6. The van der Waals surface area contributed by atoms with Crippen molar-refractivity contribution in [3.8, 4) is 0 Å². The first-order chi connectivity index (χ1) is 16.5. The summed E-state index contributed by atoms with van der Waals surface area (Å²) in [5.41, 5.74) is 4.60. The van der Waals surface area contributed by atoms with Gasteiger partial charge in [-0.1, -0.05) is 11.8 Å². The highest BCUT2D eigenvalue weighted by molar-refractivity contribution is 7.66. The number of esters is 1. The molecule has 1 saturated heterocycles. The molecule has 20 nitrogen and oxygen atoms in total. The van der Waals surface area contributed by atoms with Crippen molar-refractivity contribution in [2.24, 2.45) is 5.92 Å². The van der Waals surface area contributed by atoms with Gasteiger partial charge >= 0.3 is 29.4 Å².